The molecule has 0 amide bonds. The van der Waals surface area contributed by atoms with E-state index in [1.54, 1.807) is 12.1 Å². The first-order valence-corrected chi connectivity index (χ1v) is 8.89. The van der Waals surface area contributed by atoms with Crippen LogP contribution in [0.5, 0.6) is 0 Å². The molecule has 0 saturated heterocycles. The van der Waals surface area contributed by atoms with Gasteiger partial charge in [0.2, 0.25) is 0 Å². The quantitative estimate of drug-likeness (QED) is 0.898. The molecule has 2 N–H and O–H groups in total. The van der Waals surface area contributed by atoms with Gasteiger partial charge in [0.25, 0.3) is 10.0 Å². The minimum absolute atomic E-state index is 0.0863. The van der Waals surface area contributed by atoms with E-state index in [0.717, 1.165) is 37.4 Å². The molecule has 0 spiro atoms. The lowest BCUT2D eigenvalue weighted by Gasteiger charge is -2.08. The predicted molar refractivity (Wildman–Crippen MR) is 83.9 cm³/mol. The smallest absolute Gasteiger partial charge is 0.263 e. The van der Waals surface area contributed by atoms with E-state index in [-0.39, 0.29) is 16.1 Å². The van der Waals surface area contributed by atoms with Crippen LogP contribution >= 0.6 is 0 Å². The average molecular weight is 333 g/mol. The molecule has 0 atom stereocenters. The van der Waals surface area contributed by atoms with Crippen molar-refractivity contribution in [2.75, 3.05) is 4.72 Å². The second-order valence-electron chi connectivity index (χ2n) is 5.68. The Morgan fingerprint density at radius 3 is 2.65 bits per heavy atom. The van der Waals surface area contributed by atoms with Crippen molar-refractivity contribution in [1.82, 2.24) is 4.98 Å². The van der Waals surface area contributed by atoms with E-state index < -0.39 is 15.8 Å². The molecular formula is C16H16FN3O2S. The maximum absolute atomic E-state index is 13.8. The zero-order valence-corrected chi connectivity index (χ0v) is 13.2. The molecule has 3 rings (SSSR count). The number of hydrogen-bond donors (Lipinski definition) is 2. The highest BCUT2D eigenvalue weighted by Crippen LogP contribution is 2.34. The van der Waals surface area contributed by atoms with E-state index in [2.05, 4.69) is 9.71 Å². The van der Waals surface area contributed by atoms with Gasteiger partial charge in [-0.2, -0.15) is 5.26 Å². The normalized spacial score (nSPS) is 15.5. The molecule has 120 valence electrons. The molecule has 1 aromatic carbocycles. The Bertz CT molecular complexity index is 862. The summed E-state index contributed by atoms with van der Waals surface area (Å²) in [5.74, 6) is -0.412. The van der Waals surface area contributed by atoms with Crippen LogP contribution in [0.4, 0.5) is 10.1 Å². The Kier molecular flexibility index (Phi) is 4.09. The minimum Gasteiger partial charge on any atom is -0.363 e. The summed E-state index contributed by atoms with van der Waals surface area (Å²) in [6.45, 7) is 0. The van der Waals surface area contributed by atoms with Gasteiger partial charge in [-0.3, -0.25) is 4.72 Å². The van der Waals surface area contributed by atoms with Crippen molar-refractivity contribution in [3.05, 3.63) is 47.5 Å². The largest absolute Gasteiger partial charge is 0.363 e. The molecule has 23 heavy (non-hydrogen) atoms. The van der Waals surface area contributed by atoms with Gasteiger partial charge >= 0.3 is 0 Å². The topological polar surface area (TPSA) is 85.8 Å². The third kappa shape index (κ3) is 3.22. The van der Waals surface area contributed by atoms with Crippen molar-refractivity contribution in [1.29, 1.82) is 5.26 Å². The Labute approximate surface area is 134 Å². The molecule has 1 aliphatic carbocycles. The molecule has 1 aliphatic rings. The summed E-state index contributed by atoms with van der Waals surface area (Å²) in [6, 6.07) is 7.02. The van der Waals surface area contributed by atoms with E-state index in [9.17, 15) is 12.8 Å². The Morgan fingerprint density at radius 1 is 1.26 bits per heavy atom. The van der Waals surface area contributed by atoms with Crippen LogP contribution in [0.3, 0.4) is 0 Å². The van der Waals surface area contributed by atoms with E-state index in [4.69, 9.17) is 5.26 Å². The van der Waals surface area contributed by atoms with Gasteiger partial charge in [-0.25, -0.2) is 12.8 Å². The van der Waals surface area contributed by atoms with Gasteiger partial charge < -0.3 is 4.98 Å². The summed E-state index contributed by atoms with van der Waals surface area (Å²) in [7, 11) is -3.87. The number of rotatable bonds is 4. The second-order valence-corrected chi connectivity index (χ2v) is 7.37. The van der Waals surface area contributed by atoms with Crippen LogP contribution in [0.15, 0.2) is 35.4 Å². The van der Waals surface area contributed by atoms with Crippen LogP contribution in [0.25, 0.3) is 0 Å². The molecule has 0 radical (unpaired) electrons. The van der Waals surface area contributed by atoms with Gasteiger partial charge in [0.15, 0.2) is 0 Å². The number of H-pyrrole nitrogens is 1. The van der Waals surface area contributed by atoms with E-state index in [1.165, 1.54) is 18.3 Å². The molecule has 5 nitrogen and oxygen atoms in total. The number of nitrogens with zero attached hydrogens (tertiary/aromatic N) is 1. The summed E-state index contributed by atoms with van der Waals surface area (Å²) in [5.41, 5.74) is 0.867. The van der Waals surface area contributed by atoms with Gasteiger partial charge in [0.1, 0.15) is 10.7 Å². The Hall–Kier alpha value is -2.33. The van der Waals surface area contributed by atoms with Crippen molar-refractivity contribution >= 4 is 15.7 Å². The fraction of sp³-hybridized carbons (Fsp3) is 0.312. The summed E-state index contributed by atoms with van der Waals surface area (Å²) in [6.07, 6.45) is 5.84. The predicted octanol–water partition coefficient (Wildman–Crippen LogP) is 3.48. The summed E-state index contributed by atoms with van der Waals surface area (Å²) in [4.78, 5) is 3.10. The number of anilines is 1. The summed E-state index contributed by atoms with van der Waals surface area (Å²) in [5, 5.41) is 8.71. The van der Waals surface area contributed by atoms with E-state index in [1.807, 2.05) is 0 Å². The molecule has 0 bridgehead atoms. The van der Waals surface area contributed by atoms with Crippen LogP contribution in [0.1, 0.15) is 42.9 Å². The van der Waals surface area contributed by atoms with E-state index in [0.29, 0.717) is 5.92 Å². The highest BCUT2D eigenvalue weighted by molar-refractivity contribution is 7.92. The van der Waals surface area contributed by atoms with Crippen LogP contribution in [0, 0.1) is 17.1 Å². The van der Waals surface area contributed by atoms with Crippen molar-refractivity contribution in [2.24, 2.45) is 0 Å². The van der Waals surface area contributed by atoms with Crippen LogP contribution in [-0.4, -0.2) is 13.4 Å². The fourth-order valence-electron chi connectivity index (χ4n) is 2.89. The third-order valence-electron chi connectivity index (χ3n) is 4.13. The first kappa shape index (κ1) is 15.6. The molecule has 2 aromatic rings. The van der Waals surface area contributed by atoms with Crippen molar-refractivity contribution in [3.8, 4) is 6.07 Å². The standard InChI is InChI=1S/C16H16FN3O2S/c17-14-7-11(9-18)5-6-15(14)20-23(21,22)13-8-16(19-10-13)12-3-1-2-4-12/h5-8,10,12,19-20H,1-4H2. The number of nitriles is 1. The average Bonchev–Trinajstić information content (AvgIpc) is 3.20. The number of hydrogen-bond acceptors (Lipinski definition) is 3. The highest BCUT2D eigenvalue weighted by atomic mass is 32.2. The van der Waals surface area contributed by atoms with Gasteiger partial charge in [0, 0.05) is 11.9 Å². The summed E-state index contributed by atoms with van der Waals surface area (Å²) < 4.78 is 40.8. The van der Waals surface area contributed by atoms with Crippen molar-refractivity contribution in [2.45, 2.75) is 36.5 Å². The van der Waals surface area contributed by atoms with Gasteiger partial charge in [-0.1, -0.05) is 12.8 Å². The second kappa shape index (κ2) is 6.05. The number of halogens is 1. The lowest BCUT2D eigenvalue weighted by molar-refractivity contribution is 0.598. The molecule has 0 unspecified atom stereocenters. The van der Waals surface area contributed by atoms with Crippen LogP contribution in [-0.2, 0) is 10.0 Å². The lowest BCUT2D eigenvalue weighted by Crippen LogP contribution is -2.13. The first-order chi connectivity index (χ1) is 11.0. The zero-order valence-electron chi connectivity index (χ0n) is 12.3. The molecule has 1 heterocycles. The number of aromatic amines is 1. The molecule has 1 aromatic heterocycles. The van der Waals surface area contributed by atoms with Crippen molar-refractivity contribution in [3.63, 3.8) is 0 Å². The number of sulfonamides is 1. The molecule has 1 saturated carbocycles. The Balaban J connectivity index is 1.83. The lowest BCUT2D eigenvalue weighted by atomic mass is 10.1. The maximum Gasteiger partial charge on any atom is 0.263 e. The van der Waals surface area contributed by atoms with Gasteiger partial charge in [0.05, 0.1) is 17.3 Å². The number of nitrogens with one attached hydrogen (secondary N) is 2. The Morgan fingerprint density at radius 2 is 2.00 bits per heavy atom. The van der Waals surface area contributed by atoms with Crippen molar-refractivity contribution < 1.29 is 12.8 Å². The fourth-order valence-corrected chi connectivity index (χ4v) is 3.96. The molecular weight excluding hydrogens is 317 g/mol. The van der Waals surface area contributed by atoms with Crippen LogP contribution < -0.4 is 4.72 Å². The van der Waals surface area contributed by atoms with E-state index >= 15 is 0 Å². The van der Waals surface area contributed by atoms with Gasteiger partial charge in [-0.05, 0) is 43.0 Å². The maximum atomic E-state index is 13.8. The first-order valence-electron chi connectivity index (χ1n) is 7.40. The number of benzene rings is 1. The molecule has 7 heteroatoms. The minimum atomic E-state index is -3.87. The highest BCUT2D eigenvalue weighted by Gasteiger charge is 2.23. The summed E-state index contributed by atoms with van der Waals surface area (Å²) >= 11 is 0. The monoisotopic (exact) mass is 333 g/mol. The third-order valence-corrected chi connectivity index (χ3v) is 5.47. The molecule has 0 aliphatic heterocycles. The SMILES string of the molecule is N#Cc1ccc(NS(=O)(=O)c2c[nH]c(C3CCCC3)c2)c(F)c1. The molecule has 1 fully saturated rings. The number of aromatic nitrogens is 1. The van der Waals surface area contributed by atoms with Gasteiger partial charge in [-0.15, -0.1) is 0 Å². The van der Waals surface area contributed by atoms with Crippen LogP contribution in [0.2, 0.25) is 0 Å². The zero-order chi connectivity index (χ0) is 16.4.